The molecular weight excluding hydrogens is 293 g/mol. The number of methoxy groups -OCH3 is 1. The summed E-state index contributed by atoms with van der Waals surface area (Å²) in [5, 5.41) is -0.604. The van der Waals surface area contributed by atoms with Crippen molar-refractivity contribution < 1.29 is 13.5 Å². The molecule has 1 atom stereocenters. The van der Waals surface area contributed by atoms with Crippen LogP contribution < -0.4 is 4.74 Å². The summed E-state index contributed by atoms with van der Waals surface area (Å²) in [7, 11) is 1.45. The Hall–Kier alpha value is -1.32. The highest BCUT2D eigenvalue weighted by atomic mass is 35.5. The summed E-state index contributed by atoms with van der Waals surface area (Å²) in [6.07, 6.45) is 0. The van der Waals surface area contributed by atoms with E-state index < -0.39 is 17.0 Å². The van der Waals surface area contributed by atoms with Crippen LogP contribution in [-0.4, -0.2) is 7.11 Å². The molecule has 0 aliphatic heterocycles. The second-order valence-corrected chi connectivity index (χ2v) is 4.76. The minimum atomic E-state index is -1.02. The Bertz CT molecular complexity index is 582. The zero-order valence-electron chi connectivity index (χ0n) is 9.96. The first-order valence-corrected chi connectivity index (χ1v) is 6.27. The Kier molecular flexibility index (Phi) is 4.27. The second-order valence-electron chi connectivity index (χ2n) is 3.88. The molecule has 0 saturated carbocycles. The second kappa shape index (κ2) is 5.76. The smallest absolute Gasteiger partial charge is 0.131 e. The molecule has 2 rings (SSSR count). The van der Waals surface area contributed by atoms with Crippen molar-refractivity contribution in [3.8, 4) is 5.75 Å². The number of alkyl halides is 1. The molecule has 0 saturated heterocycles. The number of hydrogen-bond donors (Lipinski definition) is 0. The van der Waals surface area contributed by atoms with Crippen LogP contribution in [0.15, 0.2) is 36.4 Å². The molecule has 0 amide bonds. The van der Waals surface area contributed by atoms with Crippen LogP contribution >= 0.6 is 23.2 Å². The molecule has 0 aromatic heterocycles. The first-order valence-electron chi connectivity index (χ1n) is 5.46. The van der Waals surface area contributed by atoms with E-state index in [4.69, 9.17) is 27.9 Å². The third-order valence-corrected chi connectivity index (χ3v) is 3.41. The van der Waals surface area contributed by atoms with Crippen LogP contribution in [0.4, 0.5) is 8.78 Å². The quantitative estimate of drug-likeness (QED) is 0.729. The molecule has 0 aliphatic rings. The van der Waals surface area contributed by atoms with E-state index in [-0.39, 0.29) is 5.56 Å². The van der Waals surface area contributed by atoms with Gasteiger partial charge >= 0.3 is 0 Å². The summed E-state index contributed by atoms with van der Waals surface area (Å²) in [6.45, 7) is 0. The fourth-order valence-corrected chi connectivity index (χ4v) is 2.37. The summed E-state index contributed by atoms with van der Waals surface area (Å²) in [4.78, 5) is 0. The fourth-order valence-electron chi connectivity index (χ4n) is 1.81. The first-order chi connectivity index (χ1) is 9.04. The molecule has 1 nitrogen and oxygen atoms in total. The van der Waals surface area contributed by atoms with Crippen LogP contribution in [0, 0.1) is 11.6 Å². The predicted octanol–water partition coefficient (Wildman–Crippen LogP) is 4.96. The van der Waals surface area contributed by atoms with Crippen LogP contribution in [-0.2, 0) is 0 Å². The van der Waals surface area contributed by atoms with Crippen molar-refractivity contribution in [3.63, 3.8) is 0 Å². The number of hydrogen-bond acceptors (Lipinski definition) is 1. The third-order valence-electron chi connectivity index (χ3n) is 2.72. The van der Waals surface area contributed by atoms with Crippen LogP contribution in [0.25, 0.3) is 0 Å². The highest BCUT2D eigenvalue weighted by Crippen LogP contribution is 2.38. The lowest BCUT2D eigenvalue weighted by Crippen LogP contribution is -2.03. The summed E-state index contributed by atoms with van der Waals surface area (Å²) < 4.78 is 32.6. The monoisotopic (exact) mass is 302 g/mol. The van der Waals surface area contributed by atoms with Gasteiger partial charge in [0.1, 0.15) is 17.4 Å². The number of ether oxygens (including phenoxy) is 1. The zero-order chi connectivity index (χ0) is 14.0. The van der Waals surface area contributed by atoms with Gasteiger partial charge in [0, 0.05) is 16.1 Å². The maximum absolute atomic E-state index is 13.7. The van der Waals surface area contributed by atoms with Gasteiger partial charge in [-0.25, -0.2) is 8.78 Å². The number of rotatable bonds is 3. The Morgan fingerprint density at radius 2 is 1.74 bits per heavy atom. The van der Waals surface area contributed by atoms with Crippen molar-refractivity contribution in [1.29, 1.82) is 0 Å². The van der Waals surface area contributed by atoms with Crippen LogP contribution in [0.2, 0.25) is 5.02 Å². The Labute approximate surface area is 119 Å². The lowest BCUT2D eigenvalue weighted by Gasteiger charge is -2.16. The van der Waals surface area contributed by atoms with Crippen molar-refractivity contribution in [2.75, 3.05) is 7.11 Å². The zero-order valence-corrected chi connectivity index (χ0v) is 11.5. The maximum Gasteiger partial charge on any atom is 0.131 e. The number of benzene rings is 2. The largest absolute Gasteiger partial charge is 0.496 e. The molecule has 0 radical (unpaired) electrons. The lowest BCUT2D eigenvalue weighted by molar-refractivity contribution is 0.409. The van der Waals surface area contributed by atoms with Crippen LogP contribution in [0.3, 0.4) is 0 Å². The van der Waals surface area contributed by atoms with E-state index >= 15 is 0 Å². The van der Waals surface area contributed by atoms with E-state index in [2.05, 4.69) is 0 Å². The van der Waals surface area contributed by atoms with Crippen molar-refractivity contribution >= 4 is 23.2 Å². The molecule has 0 spiro atoms. The van der Waals surface area contributed by atoms with Gasteiger partial charge in [0.15, 0.2) is 0 Å². The van der Waals surface area contributed by atoms with Gasteiger partial charge in [-0.05, 0) is 30.3 Å². The summed E-state index contributed by atoms with van der Waals surface area (Å²) >= 11 is 12.1. The molecule has 0 fully saturated rings. The van der Waals surface area contributed by atoms with Gasteiger partial charge < -0.3 is 4.74 Å². The minimum absolute atomic E-state index is 0.218. The average molecular weight is 303 g/mol. The summed E-state index contributed by atoms with van der Waals surface area (Å²) in [5.41, 5.74) is 0.199. The SMILES string of the molecule is COc1ccc(Cl)cc1C(Cl)c1c(F)cccc1F. The molecule has 1 unspecified atom stereocenters. The van der Waals surface area contributed by atoms with Crippen molar-refractivity contribution in [2.24, 2.45) is 0 Å². The van der Waals surface area contributed by atoms with Crippen LogP contribution in [0.1, 0.15) is 16.5 Å². The standard InChI is InChI=1S/C14H10Cl2F2O/c1-19-12-6-5-8(15)7-9(12)14(16)13-10(17)3-2-4-11(13)18/h2-7,14H,1H3. The molecule has 19 heavy (non-hydrogen) atoms. The van der Waals surface area contributed by atoms with Gasteiger partial charge in [0.25, 0.3) is 0 Å². The van der Waals surface area contributed by atoms with Crippen molar-refractivity contribution in [3.05, 3.63) is 64.2 Å². The van der Waals surface area contributed by atoms with Crippen molar-refractivity contribution in [1.82, 2.24) is 0 Å². The van der Waals surface area contributed by atoms with Gasteiger partial charge in [-0.2, -0.15) is 0 Å². The fraction of sp³-hybridized carbons (Fsp3) is 0.143. The van der Waals surface area contributed by atoms with E-state index in [1.54, 1.807) is 12.1 Å². The Morgan fingerprint density at radius 3 is 2.32 bits per heavy atom. The van der Waals surface area contributed by atoms with E-state index in [0.29, 0.717) is 16.3 Å². The van der Waals surface area contributed by atoms with Gasteiger partial charge in [0.05, 0.1) is 12.5 Å². The third kappa shape index (κ3) is 2.82. The maximum atomic E-state index is 13.7. The van der Waals surface area contributed by atoms with Crippen molar-refractivity contribution in [2.45, 2.75) is 5.38 Å². The highest BCUT2D eigenvalue weighted by Gasteiger charge is 2.22. The molecule has 100 valence electrons. The topological polar surface area (TPSA) is 9.23 Å². The average Bonchev–Trinajstić information content (AvgIpc) is 2.38. The first kappa shape index (κ1) is 14.1. The molecule has 0 aliphatic carbocycles. The normalized spacial score (nSPS) is 12.3. The molecule has 5 heteroatoms. The van der Waals surface area contributed by atoms with E-state index in [9.17, 15) is 8.78 Å². The molecule has 2 aromatic carbocycles. The molecule has 0 N–H and O–H groups in total. The molecular formula is C14H10Cl2F2O. The van der Waals surface area contributed by atoms with E-state index in [0.717, 1.165) is 12.1 Å². The van der Waals surface area contributed by atoms with Gasteiger partial charge in [-0.3, -0.25) is 0 Å². The minimum Gasteiger partial charge on any atom is -0.496 e. The molecule has 0 bridgehead atoms. The molecule has 2 aromatic rings. The molecule has 0 heterocycles. The summed E-state index contributed by atoms with van der Waals surface area (Å²) in [6, 6.07) is 8.35. The van der Waals surface area contributed by atoms with Gasteiger partial charge in [-0.15, -0.1) is 11.6 Å². The van der Waals surface area contributed by atoms with E-state index in [1.807, 2.05) is 0 Å². The lowest BCUT2D eigenvalue weighted by atomic mass is 10.0. The van der Waals surface area contributed by atoms with Crippen LogP contribution in [0.5, 0.6) is 5.75 Å². The highest BCUT2D eigenvalue weighted by molar-refractivity contribution is 6.31. The van der Waals surface area contributed by atoms with Gasteiger partial charge in [0.2, 0.25) is 0 Å². The number of halogens is 4. The van der Waals surface area contributed by atoms with Gasteiger partial charge in [-0.1, -0.05) is 17.7 Å². The predicted molar refractivity (Wildman–Crippen MR) is 72.1 cm³/mol. The summed E-state index contributed by atoms with van der Waals surface area (Å²) in [5.74, 6) is -0.990. The van der Waals surface area contributed by atoms with E-state index in [1.165, 1.54) is 19.2 Å². The Balaban J connectivity index is 2.55. The Morgan fingerprint density at radius 1 is 1.11 bits per heavy atom.